The highest BCUT2D eigenvalue weighted by Crippen LogP contribution is 2.24. The zero-order valence-electron chi connectivity index (χ0n) is 11.4. The van der Waals surface area contributed by atoms with Crippen molar-refractivity contribution in [2.24, 2.45) is 0 Å². The Hall–Kier alpha value is -1.70. The molecule has 0 saturated carbocycles. The largest absolute Gasteiger partial charge is 0.490 e. The molecule has 112 valence electrons. The summed E-state index contributed by atoms with van der Waals surface area (Å²) in [6.45, 7) is 2.81. The summed E-state index contributed by atoms with van der Waals surface area (Å²) in [5.74, 6) is 0.465. The highest BCUT2D eigenvalue weighted by molar-refractivity contribution is 5.43. The van der Waals surface area contributed by atoms with Crippen LogP contribution >= 0.6 is 0 Å². The maximum atomic E-state index is 10.8. The fourth-order valence-corrected chi connectivity index (χ4v) is 1.60. The van der Waals surface area contributed by atoms with Gasteiger partial charge in [0, 0.05) is 24.2 Å². The first-order valence-electron chi connectivity index (χ1n) is 6.48. The second kappa shape index (κ2) is 8.47. The molecule has 7 heteroatoms. The molecule has 0 aromatic heterocycles. The summed E-state index contributed by atoms with van der Waals surface area (Å²) in [5, 5.41) is 31.9. The Morgan fingerprint density at radius 3 is 2.85 bits per heavy atom. The predicted molar refractivity (Wildman–Crippen MR) is 73.7 cm³/mol. The van der Waals surface area contributed by atoms with Crippen LogP contribution in [-0.2, 0) is 6.54 Å². The van der Waals surface area contributed by atoms with Gasteiger partial charge in [0.25, 0.3) is 5.69 Å². The fourth-order valence-electron chi connectivity index (χ4n) is 1.60. The van der Waals surface area contributed by atoms with Crippen LogP contribution in [0.4, 0.5) is 5.69 Å². The molecule has 3 N–H and O–H groups in total. The number of ether oxygens (including phenoxy) is 1. The van der Waals surface area contributed by atoms with Gasteiger partial charge in [0.2, 0.25) is 0 Å². The standard InChI is InChI=1S/C13H20N2O5/c1-2-5-14-7-10-6-11(15(18)19)3-4-13(10)20-9-12(17)8-16/h3-4,6,12,14,16-17H,2,5,7-9H2,1H3. The van der Waals surface area contributed by atoms with Crippen molar-refractivity contribution in [3.63, 3.8) is 0 Å². The maximum absolute atomic E-state index is 10.8. The molecule has 0 radical (unpaired) electrons. The van der Waals surface area contributed by atoms with Crippen LogP contribution in [0.1, 0.15) is 18.9 Å². The van der Waals surface area contributed by atoms with E-state index in [0.29, 0.717) is 17.9 Å². The van der Waals surface area contributed by atoms with Gasteiger partial charge in [-0.2, -0.15) is 0 Å². The molecule has 0 aliphatic carbocycles. The van der Waals surface area contributed by atoms with Gasteiger partial charge in [-0.1, -0.05) is 6.92 Å². The molecule has 1 unspecified atom stereocenters. The predicted octanol–water partition coefficient (Wildman–Crippen LogP) is 0.826. The number of nitrogens with zero attached hydrogens (tertiary/aromatic N) is 1. The topological polar surface area (TPSA) is 105 Å². The third-order valence-corrected chi connectivity index (χ3v) is 2.64. The minimum Gasteiger partial charge on any atom is -0.490 e. The van der Waals surface area contributed by atoms with Crippen LogP contribution in [0.15, 0.2) is 18.2 Å². The van der Waals surface area contributed by atoms with E-state index in [-0.39, 0.29) is 12.3 Å². The van der Waals surface area contributed by atoms with E-state index >= 15 is 0 Å². The number of nitro benzene ring substituents is 1. The van der Waals surface area contributed by atoms with Crippen LogP contribution in [0.2, 0.25) is 0 Å². The zero-order valence-corrected chi connectivity index (χ0v) is 11.4. The summed E-state index contributed by atoms with van der Waals surface area (Å²) in [7, 11) is 0. The number of benzene rings is 1. The molecule has 7 nitrogen and oxygen atoms in total. The normalized spacial score (nSPS) is 12.2. The molecule has 1 aromatic carbocycles. The molecule has 0 heterocycles. The molecule has 1 rings (SSSR count). The van der Waals surface area contributed by atoms with Crippen LogP contribution in [0.25, 0.3) is 0 Å². The second-order valence-electron chi connectivity index (χ2n) is 4.37. The zero-order chi connectivity index (χ0) is 15.0. The Morgan fingerprint density at radius 2 is 2.25 bits per heavy atom. The van der Waals surface area contributed by atoms with E-state index in [1.165, 1.54) is 18.2 Å². The quantitative estimate of drug-likeness (QED) is 0.352. The lowest BCUT2D eigenvalue weighted by molar-refractivity contribution is -0.384. The van der Waals surface area contributed by atoms with E-state index < -0.39 is 17.6 Å². The van der Waals surface area contributed by atoms with Crippen LogP contribution in [0.5, 0.6) is 5.75 Å². The van der Waals surface area contributed by atoms with Gasteiger partial charge in [0.1, 0.15) is 18.5 Å². The van der Waals surface area contributed by atoms with Crippen LogP contribution in [0.3, 0.4) is 0 Å². The molecule has 0 spiro atoms. The molecule has 20 heavy (non-hydrogen) atoms. The summed E-state index contributed by atoms with van der Waals surface area (Å²) in [6.07, 6.45) is -0.0180. The lowest BCUT2D eigenvalue weighted by Gasteiger charge is -2.14. The first-order chi connectivity index (χ1) is 9.58. The summed E-state index contributed by atoms with van der Waals surface area (Å²) >= 11 is 0. The molecule has 0 amide bonds. The number of hydrogen-bond donors (Lipinski definition) is 3. The summed E-state index contributed by atoms with van der Waals surface area (Å²) in [6, 6.07) is 4.30. The highest BCUT2D eigenvalue weighted by atomic mass is 16.6. The summed E-state index contributed by atoms with van der Waals surface area (Å²) in [5.41, 5.74) is 0.645. The third-order valence-electron chi connectivity index (χ3n) is 2.64. The summed E-state index contributed by atoms with van der Waals surface area (Å²) in [4.78, 5) is 10.3. The molecular formula is C13H20N2O5. The number of aliphatic hydroxyl groups excluding tert-OH is 2. The van der Waals surface area contributed by atoms with Crippen LogP contribution in [0, 0.1) is 10.1 Å². The van der Waals surface area contributed by atoms with Gasteiger partial charge in [-0.15, -0.1) is 0 Å². The minimum atomic E-state index is -0.971. The van der Waals surface area contributed by atoms with E-state index in [9.17, 15) is 15.2 Å². The Morgan fingerprint density at radius 1 is 1.50 bits per heavy atom. The lowest BCUT2D eigenvalue weighted by Crippen LogP contribution is -2.22. The molecule has 0 bridgehead atoms. The van der Waals surface area contributed by atoms with Crippen molar-refractivity contribution in [3.8, 4) is 5.75 Å². The van der Waals surface area contributed by atoms with Gasteiger partial charge >= 0.3 is 0 Å². The van der Waals surface area contributed by atoms with E-state index in [0.717, 1.165) is 13.0 Å². The monoisotopic (exact) mass is 284 g/mol. The molecule has 0 aliphatic heterocycles. The smallest absolute Gasteiger partial charge is 0.270 e. The van der Waals surface area contributed by atoms with Crippen molar-refractivity contribution in [2.75, 3.05) is 19.8 Å². The Bertz CT molecular complexity index is 439. The van der Waals surface area contributed by atoms with Gasteiger partial charge in [-0.25, -0.2) is 0 Å². The van der Waals surface area contributed by atoms with Gasteiger partial charge in [-0.3, -0.25) is 10.1 Å². The SMILES string of the molecule is CCCNCc1cc([N+](=O)[O-])ccc1OCC(O)CO. The van der Waals surface area contributed by atoms with Gasteiger partial charge < -0.3 is 20.3 Å². The van der Waals surface area contributed by atoms with Crippen molar-refractivity contribution < 1.29 is 19.9 Å². The highest BCUT2D eigenvalue weighted by Gasteiger charge is 2.13. The van der Waals surface area contributed by atoms with E-state index in [1.807, 2.05) is 6.92 Å². The number of nitro groups is 1. The second-order valence-corrected chi connectivity index (χ2v) is 4.37. The van der Waals surface area contributed by atoms with E-state index in [1.54, 1.807) is 0 Å². The third kappa shape index (κ3) is 5.12. The van der Waals surface area contributed by atoms with E-state index in [4.69, 9.17) is 9.84 Å². The lowest BCUT2D eigenvalue weighted by atomic mass is 10.1. The van der Waals surface area contributed by atoms with Crippen molar-refractivity contribution in [3.05, 3.63) is 33.9 Å². The molecule has 0 aliphatic rings. The number of non-ortho nitro benzene ring substituents is 1. The van der Waals surface area contributed by atoms with Crippen molar-refractivity contribution >= 4 is 5.69 Å². The molecule has 0 saturated heterocycles. The fraction of sp³-hybridized carbons (Fsp3) is 0.538. The summed E-state index contributed by atoms with van der Waals surface area (Å²) < 4.78 is 5.38. The van der Waals surface area contributed by atoms with Crippen molar-refractivity contribution in [1.82, 2.24) is 5.32 Å². The Balaban J connectivity index is 2.81. The van der Waals surface area contributed by atoms with Gasteiger partial charge in [0.15, 0.2) is 0 Å². The van der Waals surface area contributed by atoms with Crippen molar-refractivity contribution in [2.45, 2.75) is 26.0 Å². The average molecular weight is 284 g/mol. The average Bonchev–Trinajstić information content (AvgIpc) is 2.45. The van der Waals surface area contributed by atoms with Crippen LogP contribution in [-0.4, -0.2) is 41.0 Å². The first-order valence-corrected chi connectivity index (χ1v) is 6.48. The molecule has 1 aromatic rings. The number of nitrogens with one attached hydrogen (secondary N) is 1. The van der Waals surface area contributed by atoms with E-state index in [2.05, 4.69) is 5.32 Å². The van der Waals surface area contributed by atoms with Gasteiger partial charge in [-0.05, 0) is 19.0 Å². The Labute approximate surface area is 117 Å². The Kier molecular flexibility index (Phi) is 6.92. The molecular weight excluding hydrogens is 264 g/mol. The van der Waals surface area contributed by atoms with Gasteiger partial charge in [0.05, 0.1) is 11.5 Å². The van der Waals surface area contributed by atoms with Crippen molar-refractivity contribution in [1.29, 1.82) is 0 Å². The first kappa shape index (κ1) is 16.4. The number of rotatable bonds is 9. The minimum absolute atomic E-state index is 0.00615. The maximum Gasteiger partial charge on any atom is 0.270 e. The molecule has 1 atom stereocenters. The molecule has 0 fully saturated rings. The number of hydrogen-bond acceptors (Lipinski definition) is 6. The van der Waals surface area contributed by atoms with Crippen LogP contribution < -0.4 is 10.1 Å². The number of aliphatic hydroxyl groups is 2.